The molecule has 2 saturated carbocycles. The Morgan fingerprint density at radius 2 is 1.85 bits per heavy atom. The fourth-order valence-corrected chi connectivity index (χ4v) is 4.57. The Morgan fingerprint density at radius 1 is 1.19 bits per heavy atom. The Hall–Kier alpha value is -1.16. The molecule has 0 aromatic carbocycles. The van der Waals surface area contributed by atoms with Gasteiger partial charge in [0.05, 0.1) is 5.75 Å². The standard InChI is InChI=1S/C16H26N4O4S.ClH/c17-8-1-9-25(22,23)20-13-6-4-12(5-7-13)18-16(21)14-10-15(24-19-14)11-2-3-11;/h10-13,20H,1-9,17H2,(H,18,21);1H. The van der Waals surface area contributed by atoms with Crippen LogP contribution in [0, 0.1) is 0 Å². The van der Waals surface area contributed by atoms with Crippen LogP contribution in [0.15, 0.2) is 10.6 Å². The Balaban J connectivity index is 0.00000243. The van der Waals surface area contributed by atoms with Crippen LogP contribution in [0.4, 0.5) is 0 Å². The largest absolute Gasteiger partial charge is 0.360 e. The third kappa shape index (κ3) is 5.94. The van der Waals surface area contributed by atoms with E-state index in [4.69, 9.17) is 10.3 Å². The minimum Gasteiger partial charge on any atom is -0.360 e. The van der Waals surface area contributed by atoms with Crippen LogP contribution in [0.25, 0.3) is 0 Å². The zero-order valence-electron chi connectivity index (χ0n) is 14.6. The molecule has 3 rings (SSSR count). The van der Waals surface area contributed by atoms with Crippen molar-refractivity contribution in [2.75, 3.05) is 12.3 Å². The number of amides is 1. The minimum atomic E-state index is -3.27. The molecule has 0 radical (unpaired) electrons. The van der Waals surface area contributed by atoms with Crippen molar-refractivity contribution in [2.24, 2.45) is 5.73 Å². The van der Waals surface area contributed by atoms with E-state index in [-0.39, 0.29) is 36.2 Å². The topological polar surface area (TPSA) is 127 Å². The molecule has 0 bridgehead atoms. The molecular weight excluding hydrogens is 380 g/mol. The Labute approximate surface area is 160 Å². The Kier molecular flexibility index (Phi) is 7.45. The molecule has 2 aliphatic rings. The van der Waals surface area contributed by atoms with E-state index in [0.29, 0.717) is 37.4 Å². The maximum Gasteiger partial charge on any atom is 0.273 e. The molecule has 1 aromatic rings. The van der Waals surface area contributed by atoms with Gasteiger partial charge in [-0.15, -0.1) is 12.4 Å². The first-order valence-electron chi connectivity index (χ1n) is 8.94. The highest BCUT2D eigenvalue weighted by Gasteiger charge is 2.30. The molecule has 10 heteroatoms. The highest BCUT2D eigenvalue weighted by atomic mass is 35.5. The second-order valence-electron chi connectivity index (χ2n) is 6.99. The lowest BCUT2D eigenvalue weighted by molar-refractivity contribution is 0.0916. The van der Waals surface area contributed by atoms with Crippen LogP contribution >= 0.6 is 12.4 Å². The summed E-state index contributed by atoms with van der Waals surface area (Å²) in [6.45, 7) is 0.365. The molecule has 8 nitrogen and oxygen atoms in total. The van der Waals surface area contributed by atoms with Crippen molar-refractivity contribution in [2.45, 2.75) is 62.9 Å². The number of nitrogens with two attached hydrogens (primary N) is 1. The van der Waals surface area contributed by atoms with Gasteiger partial charge in [-0.25, -0.2) is 13.1 Å². The number of carbonyl (C=O) groups excluding carboxylic acids is 1. The third-order valence-corrected chi connectivity index (χ3v) is 6.29. The zero-order valence-corrected chi connectivity index (χ0v) is 16.3. The van der Waals surface area contributed by atoms with Gasteiger partial charge in [0, 0.05) is 24.1 Å². The van der Waals surface area contributed by atoms with E-state index in [1.807, 2.05) is 0 Å². The van der Waals surface area contributed by atoms with Gasteiger partial charge in [-0.3, -0.25) is 4.79 Å². The van der Waals surface area contributed by atoms with Crippen molar-refractivity contribution in [3.05, 3.63) is 17.5 Å². The average Bonchev–Trinajstić information content (AvgIpc) is 3.31. The summed E-state index contributed by atoms with van der Waals surface area (Å²) >= 11 is 0. The summed E-state index contributed by atoms with van der Waals surface area (Å²) in [5, 5.41) is 6.82. The number of halogens is 1. The van der Waals surface area contributed by atoms with E-state index in [1.54, 1.807) is 6.07 Å². The Bertz CT molecular complexity index is 697. The first-order chi connectivity index (χ1) is 12.0. The summed E-state index contributed by atoms with van der Waals surface area (Å²) in [4.78, 5) is 12.2. The average molecular weight is 407 g/mol. The summed E-state index contributed by atoms with van der Waals surface area (Å²) in [6, 6.07) is 1.70. The van der Waals surface area contributed by atoms with Crippen molar-refractivity contribution in [3.63, 3.8) is 0 Å². The van der Waals surface area contributed by atoms with Gasteiger partial charge in [0.15, 0.2) is 5.69 Å². The van der Waals surface area contributed by atoms with E-state index in [9.17, 15) is 13.2 Å². The molecule has 0 atom stereocenters. The molecule has 0 saturated heterocycles. The van der Waals surface area contributed by atoms with E-state index < -0.39 is 10.0 Å². The number of hydrogen-bond acceptors (Lipinski definition) is 6. The zero-order chi connectivity index (χ0) is 17.9. The van der Waals surface area contributed by atoms with Crippen LogP contribution in [0.1, 0.15) is 67.1 Å². The lowest BCUT2D eigenvalue weighted by Gasteiger charge is -2.29. The lowest BCUT2D eigenvalue weighted by Crippen LogP contribution is -2.44. The first kappa shape index (κ1) is 21.1. The van der Waals surface area contributed by atoms with Crippen molar-refractivity contribution in [1.29, 1.82) is 0 Å². The molecule has 1 aromatic heterocycles. The van der Waals surface area contributed by atoms with E-state index in [0.717, 1.165) is 31.4 Å². The van der Waals surface area contributed by atoms with Crippen LogP contribution in [0.5, 0.6) is 0 Å². The van der Waals surface area contributed by atoms with Gasteiger partial charge in [-0.05, 0) is 51.5 Å². The highest BCUT2D eigenvalue weighted by molar-refractivity contribution is 7.89. The van der Waals surface area contributed by atoms with Gasteiger partial charge in [0.25, 0.3) is 5.91 Å². The number of rotatable bonds is 8. The molecule has 0 unspecified atom stereocenters. The van der Waals surface area contributed by atoms with Gasteiger partial charge in [-0.2, -0.15) is 0 Å². The van der Waals surface area contributed by atoms with E-state index >= 15 is 0 Å². The maximum atomic E-state index is 12.2. The number of aromatic nitrogens is 1. The van der Waals surface area contributed by atoms with Gasteiger partial charge >= 0.3 is 0 Å². The second-order valence-corrected chi connectivity index (χ2v) is 8.86. The van der Waals surface area contributed by atoms with Gasteiger partial charge in [0.2, 0.25) is 10.0 Å². The molecule has 148 valence electrons. The second kappa shape index (κ2) is 9.16. The number of sulfonamides is 1. The van der Waals surface area contributed by atoms with Crippen LogP contribution in [0.2, 0.25) is 0 Å². The van der Waals surface area contributed by atoms with Gasteiger partial charge in [0.1, 0.15) is 5.76 Å². The fraction of sp³-hybridized carbons (Fsp3) is 0.750. The third-order valence-electron chi connectivity index (χ3n) is 4.77. The summed E-state index contributed by atoms with van der Waals surface area (Å²) in [5.74, 6) is 1.07. The summed E-state index contributed by atoms with van der Waals surface area (Å²) in [7, 11) is -3.27. The first-order valence-corrected chi connectivity index (χ1v) is 10.6. The van der Waals surface area contributed by atoms with Crippen molar-refractivity contribution in [3.8, 4) is 0 Å². The number of hydrogen-bond donors (Lipinski definition) is 3. The monoisotopic (exact) mass is 406 g/mol. The van der Waals surface area contributed by atoms with Crippen LogP contribution < -0.4 is 15.8 Å². The SMILES string of the molecule is Cl.NCCCS(=O)(=O)NC1CCC(NC(=O)c2cc(C3CC3)on2)CC1. The van der Waals surface area contributed by atoms with Crippen molar-refractivity contribution < 1.29 is 17.7 Å². The van der Waals surface area contributed by atoms with Gasteiger partial charge in [-0.1, -0.05) is 5.16 Å². The minimum absolute atomic E-state index is 0. The lowest BCUT2D eigenvalue weighted by atomic mass is 9.92. The predicted octanol–water partition coefficient (Wildman–Crippen LogP) is 1.28. The van der Waals surface area contributed by atoms with E-state index in [1.165, 1.54) is 0 Å². The molecule has 2 aliphatic carbocycles. The highest BCUT2D eigenvalue weighted by Crippen LogP contribution is 2.40. The number of carbonyl (C=O) groups is 1. The normalized spacial score (nSPS) is 23.3. The molecule has 1 heterocycles. The van der Waals surface area contributed by atoms with Crippen LogP contribution in [0.3, 0.4) is 0 Å². The molecular formula is C16H27ClN4O4S. The van der Waals surface area contributed by atoms with Crippen molar-refractivity contribution >= 4 is 28.3 Å². The van der Waals surface area contributed by atoms with Crippen LogP contribution in [-0.4, -0.2) is 43.9 Å². The fourth-order valence-electron chi connectivity index (χ4n) is 3.16. The molecule has 2 fully saturated rings. The number of nitrogens with zero attached hydrogens (tertiary/aromatic N) is 1. The van der Waals surface area contributed by atoms with Crippen molar-refractivity contribution in [1.82, 2.24) is 15.2 Å². The summed E-state index contributed by atoms with van der Waals surface area (Å²) in [5.41, 5.74) is 5.68. The van der Waals surface area contributed by atoms with Gasteiger partial charge < -0.3 is 15.6 Å². The summed E-state index contributed by atoms with van der Waals surface area (Å²) < 4.78 is 31.8. The number of nitrogens with one attached hydrogen (secondary N) is 2. The quantitative estimate of drug-likeness (QED) is 0.596. The molecule has 0 spiro atoms. The Morgan fingerprint density at radius 3 is 2.46 bits per heavy atom. The predicted molar refractivity (Wildman–Crippen MR) is 99.8 cm³/mol. The molecule has 0 aliphatic heterocycles. The van der Waals surface area contributed by atoms with E-state index in [2.05, 4.69) is 15.2 Å². The summed E-state index contributed by atoms with van der Waals surface area (Å²) in [6.07, 6.45) is 5.55. The molecule has 26 heavy (non-hydrogen) atoms. The molecule has 4 N–H and O–H groups in total. The smallest absolute Gasteiger partial charge is 0.273 e. The maximum absolute atomic E-state index is 12.2. The molecule has 1 amide bonds. The van der Waals surface area contributed by atoms with Crippen LogP contribution in [-0.2, 0) is 10.0 Å².